The Morgan fingerprint density at radius 2 is 1.81 bits per heavy atom. The van der Waals surface area contributed by atoms with Crippen LogP contribution in [0.5, 0.6) is 0 Å². The zero-order chi connectivity index (χ0) is 11.5. The second-order valence-electron chi connectivity index (χ2n) is 6.14. The van der Waals surface area contributed by atoms with E-state index in [-0.39, 0.29) is 0 Å². The van der Waals surface area contributed by atoms with Gasteiger partial charge >= 0.3 is 0 Å². The minimum absolute atomic E-state index is 0.424. The average molecular weight is 224 g/mol. The van der Waals surface area contributed by atoms with Crippen LogP contribution >= 0.6 is 0 Å². The van der Waals surface area contributed by atoms with Crippen molar-refractivity contribution in [2.45, 2.75) is 64.5 Å². The predicted molar refractivity (Wildman–Crippen MR) is 69.4 cm³/mol. The summed E-state index contributed by atoms with van der Waals surface area (Å²) < 4.78 is 0. The van der Waals surface area contributed by atoms with Gasteiger partial charge in [-0.05, 0) is 43.9 Å². The molecule has 0 aromatic carbocycles. The molecular formula is C14H28N2. The molecule has 2 atom stereocenters. The fraction of sp³-hybridized carbons (Fsp3) is 1.00. The summed E-state index contributed by atoms with van der Waals surface area (Å²) in [5.41, 5.74) is 6.13. The van der Waals surface area contributed by atoms with Gasteiger partial charge in [-0.25, -0.2) is 0 Å². The van der Waals surface area contributed by atoms with Crippen LogP contribution in [-0.2, 0) is 0 Å². The van der Waals surface area contributed by atoms with Crippen molar-refractivity contribution in [3.8, 4) is 0 Å². The summed E-state index contributed by atoms with van der Waals surface area (Å²) in [6.45, 7) is 7.12. The molecular weight excluding hydrogens is 196 g/mol. The van der Waals surface area contributed by atoms with E-state index in [0.29, 0.717) is 6.04 Å². The van der Waals surface area contributed by atoms with Crippen molar-refractivity contribution in [1.82, 2.24) is 4.90 Å². The van der Waals surface area contributed by atoms with Crippen LogP contribution in [0.1, 0.15) is 52.4 Å². The maximum absolute atomic E-state index is 6.13. The highest BCUT2D eigenvalue weighted by Gasteiger charge is 2.30. The van der Waals surface area contributed by atoms with Gasteiger partial charge in [-0.1, -0.05) is 20.3 Å². The maximum atomic E-state index is 6.13. The summed E-state index contributed by atoms with van der Waals surface area (Å²) in [6, 6.07) is 1.27. The molecule has 1 aliphatic carbocycles. The zero-order valence-corrected chi connectivity index (χ0v) is 11.0. The van der Waals surface area contributed by atoms with Crippen molar-refractivity contribution in [3.05, 3.63) is 0 Å². The van der Waals surface area contributed by atoms with Gasteiger partial charge < -0.3 is 5.73 Å². The van der Waals surface area contributed by atoms with E-state index in [1.54, 1.807) is 0 Å². The molecule has 1 saturated carbocycles. The van der Waals surface area contributed by atoms with E-state index >= 15 is 0 Å². The molecule has 2 unspecified atom stereocenters. The summed E-state index contributed by atoms with van der Waals surface area (Å²) >= 11 is 0. The second kappa shape index (κ2) is 5.50. The van der Waals surface area contributed by atoms with Crippen LogP contribution in [0, 0.1) is 11.8 Å². The lowest BCUT2D eigenvalue weighted by Gasteiger charge is -2.42. The van der Waals surface area contributed by atoms with Crippen molar-refractivity contribution in [2.75, 3.05) is 13.1 Å². The molecule has 1 saturated heterocycles. The number of hydrogen-bond donors (Lipinski definition) is 1. The first-order valence-electron chi connectivity index (χ1n) is 7.18. The number of likely N-dealkylation sites (tertiary alicyclic amines) is 1. The Hall–Kier alpha value is -0.0800. The molecule has 16 heavy (non-hydrogen) atoms. The first kappa shape index (κ1) is 12.4. The van der Waals surface area contributed by atoms with Crippen LogP contribution in [0.2, 0.25) is 0 Å². The number of nitrogens with zero attached hydrogens (tertiary/aromatic N) is 1. The van der Waals surface area contributed by atoms with Gasteiger partial charge in [0.25, 0.3) is 0 Å². The molecule has 2 N–H and O–H groups in total. The fourth-order valence-electron chi connectivity index (χ4n) is 3.66. The molecule has 0 amide bonds. The average Bonchev–Trinajstić information content (AvgIpc) is 2.28. The van der Waals surface area contributed by atoms with Crippen molar-refractivity contribution in [2.24, 2.45) is 17.6 Å². The van der Waals surface area contributed by atoms with Crippen LogP contribution in [0.3, 0.4) is 0 Å². The number of piperidine rings is 1. The van der Waals surface area contributed by atoms with Crippen LogP contribution in [0.25, 0.3) is 0 Å². The summed E-state index contributed by atoms with van der Waals surface area (Å²) in [6.07, 6.45) is 8.32. The van der Waals surface area contributed by atoms with Crippen molar-refractivity contribution in [3.63, 3.8) is 0 Å². The Morgan fingerprint density at radius 1 is 1.12 bits per heavy atom. The highest BCUT2D eigenvalue weighted by molar-refractivity contribution is 4.86. The van der Waals surface area contributed by atoms with Crippen molar-refractivity contribution >= 4 is 0 Å². The molecule has 1 aliphatic heterocycles. The summed E-state index contributed by atoms with van der Waals surface area (Å²) in [4.78, 5) is 2.69. The molecule has 2 nitrogen and oxygen atoms in total. The number of hydrogen-bond acceptors (Lipinski definition) is 2. The Labute approximate surface area is 101 Å². The van der Waals surface area contributed by atoms with E-state index in [9.17, 15) is 0 Å². The maximum Gasteiger partial charge on any atom is 0.0170 e. The van der Waals surface area contributed by atoms with Gasteiger partial charge in [0.1, 0.15) is 0 Å². The zero-order valence-electron chi connectivity index (χ0n) is 11.0. The quantitative estimate of drug-likeness (QED) is 0.781. The van der Waals surface area contributed by atoms with Gasteiger partial charge in [0, 0.05) is 25.2 Å². The van der Waals surface area contributed by atoms with Gasteiger partial charge in [-0.3, -0.25) is 4.90 Å². The monoisotopic (exact) mass is 224 g/mol. The molecule has 2 rings (SSSR count). The lowest BCUT2D eigenvalue weighted by atomic mass is 9.82. The number of rotatable bonds is 2. The highest BCUT2D eigenvalue weighted by Crippen LogP contribution is 2.31. The molecule has 2 fully saturated rings. The van der Waals surface area contributed by atoms with E-state index in [2.05, 4.69) is 18.7 Å². The lowest BCUT2D eigenvalue weighted by Crippen LogP contribution is -2.51. The Balaban J connectivity index is 1.83. The van der Waals surface area contributed by atoms with Crippen LogP contribution in [-0.4, -0.2) is 30.1 Å². The van der Waals surface area contributed by atoms with E-state index in [4.69, 9.17) is 5.73 Å². The highest BCUT2D eigenvalue weighted by atomic mass is 15.2. The smallest absolute Gasteiger partial charge is 0.0170 e. The van der Waals surface area contributed by atoms with E-state index < -0.39 is 0 Å². The molecule has 1 heterocycles. The minimum Gasteiger partial charge on any atom is -0.327 e. The standard InChI is InChI=1S/C14H28N2/c1-3-12-4-6-14(7-5-12)16-9-11(2)8-13(15)10-16/h11-14H,3-10,15H2,1-2H3. The minimum atomic E-state index is 0.424. The molecule has 2 aliphatic rings. The SMILES string of the molecule is CCC1CCC(N2CC(C)CC(N)C2)CC1. The summed E-state index contributed by atoms with van der Waals surface area (Å²) in [5.74, 6) is 1.81. The van der Waals surface area contributed by atoms with Gasteiger partial charge in [-0.15, -0.1) is 0 Å². The summed E-state index contributed by atoms with van der Waals surface area (Å²) in [5, 5.41) is 0. The van der Waals surface area contributed by atoms with E-state index in [0.717, 1.165) is 24.4 Å². The van der Waals surface area contributed by atoms with E-state index in [1.807, 2.05) is 0 Å². The third kappa shape index (κ3) is 2.98. The van der Waals surface area contributed by atoms with Gasteiger partial charge in [-0.2, -0.15) is 0 Å². The topological polar surface area (TPSA) is 29.3 Å². The molecule has 94 valence electrons. The number of nitrogens with two attached hydrogens (primary N) is 1. The second-order valence-corrected chi connectivity index (χ2v) is 6.14. The Kier molecular flexibility index (Phi) is 4.26. The predicted octanol–water partition coefficient (Wildman–Crippen LogP) is 2.62. The lowest BCUT2D eigenvalue weighted by molar-refractivity contribution is 0.0812. The summed E-state index contributed by atoms with van der Waals surface area (Å²) in [7, 11) is 0. The van der Waals surface area contributed by atoms with Gasteiger partial charge in [0.2, 0.25) is 0 Å². The Morgan fingerprint density at radius 3 is 2.38 bits per heavy atom. The van der Waals surface area contributed by atoms with Gasteiger partial charge in [0.15, 0.2) is 0 Å². The fourth-order valence-corrected chi connectivity index (χ4v) is 3.66. The van der Waals surface area contributed by atoms with Crippen molar-refractivity contribution < 1.29 is 0 Å². The molecule has 0 bridgehead atoms. The van der Waals surface area contributed by atoms with Crippen LogP contribution in [0.15, 0.2) is 0 Å². The largest absolute Gasteiger partial charge is 0.327 e. The first-order chi connectivity index (χ1) is 7.69. The molecule has 0 spiro atoms. The van der Waals surface area contributed by atoms with E-state index in [1.165, 1.54) is 45.1 Å². The molecule has 2 heteroatoms. The third-order valence-corrected chi connectivity index (χ3v) is 4.63. The van der Waals surface area contributed by atoms with Crippen LogP contribution in [0.4, 0.5) is 0 Å². The van der Waals surface area contributed by atoms with Crippen molar-refractivity contribution in [1.29, 1.82) is 0 Å². The van der Waals surface area contributed by atoms with Crippen LogP contribution < -0.4 is 5.73 Å². The molecule has 0 radical (unpaired) electrons. The van der Waals surface area contributed by atoms with Gasteiger partial charge in [0.05, 0.1) is 0 Å². The first-order valence-corrected chi connectivity index (χ1v) is 7.18. The normalized spacial score (nSPS) is 42.2. The molecule has 0 aromatic rings. The Bertz CT molecular complexity index is 199. The third-order valence-electron chi connectivity index (χ3n) is 4.63. The molecule has 0 aromatic heterocycles.